The summed E-state index contributed by atoms with van der Waals surface area (Å²) in [5.41, 5.74) is 0.385. The van der Waals surface area contributed by atoms with Crippen LogP contribution in [0.25, 0.3) is 0 Å². The predicted molar refractivity (Wildman–Crippen MR) is 62.2 cm³/mol. The van der Waals surface area contributed by atoms with E-state index in [0.29, 0.717) is 6.54 Å². The summed E-state index contributed by atoms with van der Waals surface area (Å²) in [5.74, 6) is -1.28. The Morgan fingerprint density at radius 3 is 1.88 bits per heavy atom. The van der Waals surface area contributed by atoms with Crippen LogP contribution in [0, 0.1) is 0 Å². The largest absolute Gasteiger partial charge is 0.478 e. The molecule has 0 rings (SSSR count). The number of carbonyl (C=O) groups is 2. The molecule has 0 aromatic carbocycles. The van der Waals surface area contributed by atoms with E-state index < -0.39 is 5.97 Å². The number of hydrogen-bond acceptors (Lipinski definition) is 3. The van der Waals surface area contributed by atoms with Crippen molar-refractivity contribution in [1.82, 2.24) is 9.80 Å². The fraction of sp³-hybridized carbons (Fsp3) is 0.636. The highest BCUT2D eigenvalue weighted by atomic mass is 16.4. The molecule has 0 radical (unpaired) electrons. The molecule has 0 saturated heterocycles. The molecule has 0 aromatic rings. The van der Waals surface area contributed by atoms with Gasteiger partial charge < -0.3 is 14.9 Å². The molecule has 16 heavy (non-hydrogen) atoms. The molecule has 0 fully saturated rings. The summed E-state index contributed by atoms with van der Waals surface area (Å²) >= 11 is 0. The number of nitrogens with zero attached hydrogens (tertiary/aromatic N) is 2. The number of carboxylic acid groups (broad SMARTS) is 1. The van der Waals surface area contributed by atoms with Crippen LogP contribution >= 0.6 is 0 Å². The molecule has 1 N–H and O–H groups in total. The third kappa shape index (κ3) is 4.44. The van der Waals surface area contributed by atoms with Gasteiger partial charge in [0.15, 0.2) is 0 Å². The van der Waals surface area contributed by atoms with Gasteiger partial charge in [0.25, 0.3) is 0 Å². The maximum atomic E-state index is 11.8. The molecule has 0 bridgehead atoms. The summed E-state index contributed by atoms with van der Waals surface area (Å²) in [7, 11) is 5.51. The number of hydrogen-bond donors (Lipinski definition) is 1. The van der Waals surface area contributed by atoms with Gasteiger partial charge in [0, 0.05) is 31.3 Å². The summed E-state index contributed by atoms with van der Waals surface area (Å²) in [4.78, 5) is 26.0. The number of rotatable bonds is 5. The lowest BCUT2D eigenvalue weighted by molar-refractivity contribution is -0.133. The number of carbonyl (C=O) groups excluding carboxylic acids is 1. The van der Waals surface area contributed by atoms with E-state index in [1.165, 1.54) is 18.7 Å². The third-order valence-electron chi connectivity index (χ3n) is 2.43. The number of likely N-dealkylation sites (N-methyl/N-ethyl adjacent to an activating group) is 2. The van der Waals surface area contributed by atoms with Gasteiger partial charge in [0.05, 0.1) is 0 Å². The van der Waals surface area contributed by atoms with Gasteiger partial charge >= 0.3 is 5.97 Å². The molecule has 0 atom stereocenters. The minimum absolute atomic E-state index is 0.0988. The first-order valence-electron chi connectivity index (χ1n) is 5.08. The fourth-order valence-corrected chi connectivity index (χ4v) is 1.06. The Morgan fingerprint density at radius 1 is 1.00 bits per heavy atom. The molecule has 0 saturated carbocycles. The molecular weight excluding hydrogens is 208 g/mol. The van der Waals surface area contributed by atoms with Gasteiger partial charge in [0.1, 0.15) is 0 Å². The lowest BCUT2D eigenvalue weighted by Gasteiger charge is -2.20. The number of aliphatic carboxylic acids is 1. The Hall–Kier alpha value is -1.36. The van der Waals surface area contributed by atoms with Gasteiger partial charge in [-0.05, 0) is 27.9 Å². The summed E-state index contributed by atoms with van der Waals surface area (Å²) in [6.45, 7) is 4.31. The summed E-state index contributed by atoms with van der Waals surface area (Å²) in [6, 6.07) is 0. The number of amides is 1. The van der Waals surface area contributed by atoms with Crippen molar-refractivity contribution in [3.63, 3.8) is 0 Å². The second-order valence-electron chi connectivity index (χ2n) is 4.09. The van der Waals surface area contributed by atoms with Crippen LogP contribution < -0.4 is 0 Å². The first kappa shape index (κ1) is 14.6. The highest BCUT2D eigenvalue weighted by Crippen LogP contribution is 2.06. The Morgan fingerprint density at radius 2 is 1.50 bits per heavy atom. The van der Waals surface area contributed by atoms with Crippen LogP contribution in [0.2, 0.25) is 0 Å². The molecule has 5 nitrogen and oxygen atoms in total. The van der Waals surface area contributed by atoms with Crippen LogP contribution in [0.3, 0.4) is 0 Å². The molecule has 0 aliphatic rings. The van der Waals surface area contributed by atoms with Gasteiger partial charge in [0.2, 0.25) is 5.91 Å². The Balaban J connectivity index is 4.56. The average Bonchev–Trinajstić information content (AvgIpc) is 2.22. The van der Waals surface area contributed by atoms with Gasteiger partial charge in [-0.15, -0.1) is 0 Å². The van der Waals surface area contributed by atoms with Gasteiger partial charge in [-0.2, -0.15) is 0 Å². The minimum atomic E-state index is -1.05. The van der Waals surface area contributed by atoms with E-state index in [9.17, 15) is 9.59 Å². The van der Waals surface area contributed by atoms with E-state index in [1.54, 1.807) is 7.05 Å². The second-order valence-corrected chi connectivity index (χ2v) is 4.09. The van der Waals surface area contributed by atoms with E-state index in [4.69, 9.17) is 5.11 Å². The Bertz CT molecular complexity index is 308. The fourth-order valence-electron chi connectivity index (χ4n) is 1.06. The quantitative estimate of drug-likeness (QED) is 0.693. The van der Waals surface area contributed by atoms with Gasteiger partial charge in [-0.3, -0.25) is 4.79 Å². The topological polar surface area (TPSA) is 60.9 Å². The minimum Gasteiger partial charge on any atom is -0.478 e. The zero-order valence-corrected chi connectivity index (χ0v) is 10.6. The third-order valence-corrected chi connectivity index (χ3v) is 2.43. The molecule has 5 heteroatoms. The maximum absolute atomic E-state index is 11.8. The lowest BCUT2D eigenvalue weighted by atomic mass is 10.1. The first-order chi connectivity index (χ1) is 7.27. The normalized spacial score (nSPS) is 12.4. The summed E-state index contributed by atoms with van der Waals surface area (Å²) in [6.07, 6.45) is 0. The average molecular weight is 228 g/mol. The Kier molecular flexibility index (Phi) is 5.74. The maximum Gasteiger partial charge on any atom is 0.331 e. The van der Waals surface area contributed by atoms with Crippen molar-refractivity contribution < 1.29 is 14.7 Å². The smallest absolute Gasteiger partial charge is 0.331 e. The van der Waals surface area contributed by atoms with Crippen molar-refractivity contribution in [2.45, 2.75) is 13.8 Å². The van der Waals surface area contributed by atoms with E-state index >= 15 is 0 Å². The number of carboxylic acids is 1. The van der Waals surface area contributed by atoms with Crippen molar-refractivity contribution in [2.75, 3.05) is 34.2 Å². The van der Waals surface area contributed by atoms with Crippen LogP contribution in [-0.4, -0.2) is 61.0 Å². The zero-order chi connectivity index (χ0) is 12.9. The highest BCUT2D eigenvalue weighted by Gasteiger charge is 2.16. The SMILES string of the molecule is CC(C(=O)O)=C(C)C(=O)N(C)CCN(C)C. The molecule has 0 aliphatic carbocycles. The lowest BCUT2D eigenvalue weighted by Crippen LogP contribution is -2.34. The highest BCUT2D eigenvalue weighted by molar-refractivity contribution is 6.01. The van der Waals surface area contributed by atoms with Gasteiger partial charge in [-0.25, -0.2) is 4.79 Å². The van der Waals surface area contributed by atoms with E-state index in [2.05, 4.69) is 0 Å². The molecule has 0 aromatic heterocycles. The Labute approximate surface area is 96.3 Å². The standard InChI is InChI=1S/C11H20N2O3/c1-8(9(2)11(15)16)10(14)13(5)7-6-12(3)4/h6-7H2,1-5H3,(H,15,16). The van der Waals surface area contributed by atoms with Crippen LogP contribution in [0.5, 0.6) is 0 Å². The monoisotopic (exact) mass is 228 g/mol. The van der Waals surface area contributed by atoms with Crippen molar-refractivity contribution in [3.8, 4) is 0 Å². The molecule has 92 valence electrons. The molecule has 0 heterocycles. The van der Waals surface area contributed by atoms with E-state index in [-0.39, 0.29) is 17.1 Å². The van der Waals surface area contributed by atoms with Crippen LogP contribution in [0.1, 0.15) is 13.8 Å². The van der Waals surface area contributed by atoms with Crippen molar-refractivity contribution in [2.24, 2.45) is 0 Å². The molecule has 0 unspecified atom stereocenters. The van der Waals surface area contributed by atoms with Crippen molar-refractivity contribution >= 4 is 11.9 Å². The van der Waals surface area contributed by atoms with Crippen LogP contribution in [0.15, 0.2) is 11.1 Å². The van der Waals surface area contributed by atoms with Gasteiger partial charge in [-0.1, -0.05) is 0 Å². The second kappa shape index (κ2) is 6.27. The van der Waals surface area contributed by atoms with Crippen molar-refractivity contribution in [1.29, 1.82) is 0 Å². The molecule has 1 amide bonds. The first-order valence-corrected chi connectivity index (χ1v) is 5.08. The van der Waals surface area contributed by atoms with E-state index in [1.807, 2.05) is 19.0 Å². The van der Waals surface area contributed by atoms with Crippen LogP contribution in [0.4, 0.5) is 0 Å². The zero-order valence-electron chi connectivity index (χ0n) is 10.6. The molecular formula is C11H20N2O3. The summed E-state index contributed by atoms with van der Waals surface area (Å²) < 4.78 is 0. The summed E-state index contributed by atoms with van der Waals surface area (Å²) in [5, 5.41) is 8.76. The van der Waals surface area contributed by atoms with Crippen LogP contribution in [-0.2, 0) is 9.59 Å². The molecule has 0 spiro atoms. The predicted octanol–water partition coefficient (Wildman–Crippen LogP) is 0.427. The molecule has 0 aliphatic heterocycles. The van der Waals surface area contributed by atoms with Crippen molar-refractivity contribution in [3.05, 3.63) is 11.1 Å². The van der Waals surface area contributed by atoms with E-state index in [0.717, 1.165) is 6.54 Å².